The number of ether oxygens (including phenoxy) is 4. The molecule has 2 aromatic carbocycles. The SMILES string of the molecule is CCOc1cc(/C=N\NC(=O)C(=O)NCc2ccc(OC)cc2)ccc1OCC(=O)N1CCOCC1. The molecule has 36 heavy (non-hydrogen) atoms. The number of hydrazone groups is 1. The topological polar surface area (TPSA) is 128 Å². The third kappa shape index (κ3) is 7.98. The molecule has 0 radical (unpaired) electrons. The number of amides is 3. The highest BCUT2D eigenvalue weighted by Crippen LogP contribution is 2.28. The number of carbonyl (C=O) groups excluding carboxylic acids is 3. The van der Waals surface area contributed by atoms with Gasteiger partial charge in [-0.3, -0.25) is 14.4 Å². The zero-order valence-electron chi connectivity index (χ0n) is 20.3. The minimum atomic E-state index is -0.897. The van der Waals surface area contributed by atoms with E-state index in [4.69, 9.17) is 18.9 Å². The molecular weight excluding hydrogens is 468 g/mol. The molecule has 2 N–H and O–H groups in total. The summed E-state index contributed by atoms with van der Waals surface area (Å²) < 4.78 is 21.6. The summed E-state index contributed by atoms with van der Waals surface area (Å²) in [6.45, 7) is 4.41. The van der Waals surface area contributed by atoms with Gasteiger partial charge in [-0.1, -0.05) is 12.1 Å². The summed E-state index contributed by atoms with van der Waals surface area (Å²) in [4.78, 5) is 38.0. The predicted molar refractivity (Wildman–Crippen MR) is 131 cm³/mol. The molecule has 3 amide bonds. The van der Waals surface area contributed by atoms with Crippen LogP contribution in [0.5, 0.6) is 17.2 Å². The Labute approximate surface area is 209 Å². The van der Waals surface area contributed by atoms with Crippen molar-refractivity contribution in [2.24, 2.45) is 5.10 Å². The van der Waals surface area contributed by atoms with Crippen molar-refractivity contribution in [2.45, 2.75) is 13.5 Å². The molecule has 2 aromatic rings. The average molecular weight is 499 g/mol. The van der Waals surface area contributed by atoms with E-state index in [0.717, 1.165) is 5.56 Å². The normalized spacial score (nSPS) is 13.2. The second kappa shape index (κ2) is 13.7. The standard InChI is InChI=1S/C25H30N4O7/c1-3-35-22-14-19(6-9-21(22)36-17-23(30)29-10-12-34-13-11-29)16-27-28-25(32)24(31)26-15-18-4-7-20(33-2)8-5-18/h4-9,14,16H,3,10-13,15,17H2,1-2H3,(H,26,31)(H,28,32)/b27-16-. The van der Waals surface area contributed by atoms with Crippen molar-refractivity contribution in [1.82, 2.24) is 15.6 Å². The lowest BCUT2D eigenvalue weighted by atomic mass is 10.2. The van der Waals surface area contributed by atoms with Crippen molar-refractivity contribution in [3.63, 3.8) is 0 Å². The summed E-state index contributed by atoms with van der Waals surface area (Å²) in [5.41, 5.74) is 3.61. The molecule has 0 unspecified atom stereocenters. The number of carbonyl (C=O) groups is 3. The van der Waals surface area contributed by atoms with Gasteiger partial charge in [-0.05, 0) is 48.4 Å². The number of morpholine rings is 1. The van der Waals surface area contributed by atoms with E-state index in [2.05, 4.69) is 15.8 Å². The highest BCUT2D eigenvalue weighted by Gasteiger charge is 2.18. The molecular formula is C25H30N4O7. The second-order valence-electron chi connectivity index (χ2n) is 7.65. The Morgan fingerprint density at radius 2 is 1.78 bits per heavy atom. The fraction of sp³-hybridized carbons (Fsp3) is 0.360. The van der Waals surface area contributed by atoms with Gasteiger partial charge in [0.1, 0.15) is 5.75 Å². The summed E-state index contributed by atoms with van der Waals surface area (Å²) in [6.07, 6.45) is 1.37. The fourth-order valence-corrected chi connectivity index (χ4v) is 3.26. The van der Waals surface area contributed by atoms with Crippen LogP contribution in [-0.4, -0.2) is 75.5 Å². The van der Waals surface area contributed by atoms with Crippen molar-refractivity contribution in [3.05, 3.63) is 53.6 Å². The summed E-state index contributed by atoms with van der Waals surface area (Å²) in [5.74, 6) is -0.291. The summed E-state index contributed by atoms with van der Waals surface area (Å²) >= 11 is 0. The number of hydrogen-bond acceptors (Lipinski definition) is 8. The van der Waals surface area contributed by atoms with E-state index in [0.29, 0.717) is 55.7 Å². The lowest BCUT2D eigenvalue weighted by Crippen LogP contribution is -2.43. The zero-order chi connectivity index (χ0) is 25.8. The molecule has 1 aliphatic rings. The zero-order valence-corrected chi connectivity index (χ0v) is 20.3. The van der Waals surface area contributed by atoms with Gasteiger partial charge < -0.3 is 29.2 Å². The lowest BCUT2D eigenvalue weighted by Gasteiger charge is -2.26. The van der Waals surface area contributed by atoms with Gasteiger partial charge in [0, 0.05) is 19.6 Å². The van der Waals surface area contributed by atoms with Crippen molar-refractivity contribution in [3.8, 4) is 17.2 Å². The molecule has 0 spiro atoms. The van der Waals surface area contributed by atoms with E-state index in [-0.39, 0.29) is 19.1 Å². The van der Waals surface area contributed by atoms with Gasteiger partial charge in [-0.2, -0.15) is 5.10 Å². The van der Waals surface area contributed by atoms with E-state index in [1.165, 1.54) is 6.21 Å². The number of rotatable bonds is 10. The maximum atomic E-state index is 12.3. The minimum Gasteiger partial charge on any atom is -0.497 e. The molecule has 0 bridgehead atoms. The maximum Gasteiger partial charge on any atom is 0.329 e. The Hall–Kier alpha value is -4.12. The smallest absolute Gasteiger partial charge is 0.329 e. The van der Waals surface area contributed by atoms with Crippen LogP contribution in [0.4, 0.5) is 0 Å². The predicted octanol–water partition coefficient (Wildman–Crippen LogP) is 1.10. The van der Waals surface area contributed by atoms with Crippen LogP contribution in [0.3, 0.4) is 0 Å². The van der Waals surface area contributed by atoms with Crippen molar-refractivity contribution in [1.29, 1.82) is 0 Å². The molecule has 11 nitrogen and oxygen atoms in total. The Kier molecular flexibility index (Phi) is 10.1. The van der Waals surface area contributed by atoms with E-state index in [1.54, 1.807) is 54.5 Å². The quantitative estimate of drug-likeness (QED) is 0.285. The van der Waals surface area contributed by atoms with Gasteiger partial charge in [0.25, 0.3) is 5.91 Å². The first-order chi connectivity index (χ1) is 17.5. The molecule has 1 heterocycles. The third-order valence-corrected chi connectivity index (χ3v) is 5.18. The molecule has 3 rings (SSSR count). The average Bonchev–Trinajstić information content (AvgIpc) is 2.92. The molecule has 1 fully saturated rings. The van der Waals surface area contributed by atoms with Crippen LogP contribution in [0.1, 0.15) is 18.1 Å². The number of nitrogens with one attached hydrogen (secondary N) is 2. The Balaban J connectivity index is 1.50. The van der Waals surface area contributed by atoms with Crippen LogP contribution < -0.4 is 25.0 Å². The highest BCUT2D eigenvalue weighted by atomic mass is 16.5. The van der Waals surface area contributed by atoms with Gasteiger partial charge >= 0.3 is 11.8 Å². The van der Waals surface area contributed by atoms with Gasteiger partial charge in [-0.25, -0.2) is 5.43 Å². The molecule has 192 valence electrons. The van der Waals surface area contributed by atoms with Gasteiger partial charge in [-0.15, -0.1) is 0 Å². The second-order valence-corrected chi connectivity index (χ2v) is 7.65. The van der Waals surface area contributed by atoms with Crippen molar-refractivity contribution in [2.75, 3.05) is 46.6 Å². The largest absolute Gasteiger partial charge is 0.497 e. The Morgan fingerprint density at radius 1 is 1.03 bits per heavy atom. The van der Waals surface area contributed by atoms with Crippen LogP contribution >= 0.6 is 0 Å². The van der Waals surface area contributed by atoms with E-state index in [1.807, 2.05) is 6.92 Å². The summed E-state index contributed by atoms with van der Waals surface area (Å²) in [5, 5.41) is 6.36. The van der Waals surface area contributed by atoms with Crippen LogP contribution in [0.15, 0.2) is 47.6 Å². The fourth-order valence-electron chi connectivity index (χ4n) is 3.26. The van der Waals surface area contributed by atoms with Gasteiger partial charge in [0.15, 0.2) is 18.1 Å². The third-order valence-electron chi connectivity index (χ3n) is 5.18. The number of hydrogen-bond donors (Lipinski definition) is 2. The molecule has 11 heteroatoms. The molecule has 1 aliphatic heterocycles. The number of benzene rings is 2. The first-order valence-corrected chi connectivity index (χ1v) is 11.5. The monoisotopic (exact) mass is 498 g/mol. The molecule has 0 aromatic heterocycles. The minimum absolute atomic E-state index is 0.116. The van der Waals surface area contributed by atoms with Gasteiger partial charge in [0.05, 0.1) is 33.1 Å². The molecule has 1 saturated heterocycles. The van der Waals surface area contributed by atoms with E-state index in [9.17, 15) is 14.4 Å². The molecule has 0 aliphatic carbocycles. The Morgan fingerprint density at radius 3 is 2.47 bits per heavy atom. The van der Waals surface area contributed by atoms with Crippen molar-refractivity contribution >= 4 is 23.9 Å². The van der Waals surface area contributed by atoms with Gasteiger partial charge in [0.2, 0.25) is 0 Å². The van der Waals surface area contributed by atoms with Crippen LogP contribution in [0, 0.1) is 0 Å². The first-order valence-electron chi connectivity index (χ1n) is 11.5. The lowest BCUT2D eigenvalue weighted by molar-refractivity contribution is -0.139. The molecule has 0 saturated carbocycles. The van der Waals surface area contributed by atoms with E-state index < -0.39 is 11.8 Å². The van der Waals surface area contributed by atoms with Crippen LogP contribution in [0.2, 0.25) is 0 Å². The van der Waals surface area contributed by atoms with E-state index >= 15 is 0 Å². The van der Waals surface area contributed by atoms with Crippen molar-refractivity contribution < 1.29 is 33.3 Å². The maximum absolute atomic E-state index is 12.3. The number of nitrogens with zero attached hydrogens (tertiary/aromatic N) is 2. The number of methoxy groups -OCH3 is 1. The molecule has 0 atom stereocenters. The summed E-state index contributed by atoms with van der Waals surface area (Å²) in [6, 6.07) is 12.1. The van der Waals surface area contributed by atoms with Crippen LogP contribution in [0.25, 0.3) is 0 Å². The first kappa shape index (κ1) is 26.5. The van der Waals surface area contributed by atoms with Crippen LogP contribution in [-0.2, 0) is 25.7 Å². The summed E-state index contributed by atoms with van der Waals surface area (Å²) in [7, 11) is 1.57. The highest BCUT2D eigenvalue weighted by molar-refractivity contribution is 6.35. The Bertz CT molecular complexity index is 1070.